The van der Waals surface area contributed by atoms with Gasteiger partial charge in [-0.3, -0.25) is 19.1 Å². The highest BCUT2D eigenvalue weighted by atomic mass is 32.2. The van der Waals surface area contributed by atoms with Crippen molar-refractivity contribution in [3.8, 4) is 0 Å². The first-order valence-corrected chi connectivity index (χ1v) is 13.3. The van der Waals surface area contributed by atoms with Crippen LogP contribution in [-0.4, -0.2) is 35.3 Å². The first kappa shape index (κ1) is 25.1. The summed E-state index contributed by atoms with van der Waals surface area (Å²) in [4.78, 5) is 11.9. The first-order chi connectivity index (χ1) is 16.1. The fraction of sp³-hybridized carbons (Fsp3) is 0.304. The summed E-state index contributed by atoms with van der Waals surface area (Å²) in [6.45, 7) is 2.84. The van der Waals surface area contributed by atoms with E-state index in [-0.39, 0.29) is 13.2 Å². The Morgan fingerprint density at radius 2 is 1.67 bits per heavy atom. The number of thioether (sulfide) groups is 1. The summed E-state index contributed by atoms with van der Waals surface area (Å²) in [5, 5.41) is 5.81. The molecule has 176 valence electrons. The molecule has 0 amide bonds. The molecule has 2 aromatic carbocycles. The van der Waals surface area contributed by atoms with Crippen molar-refractivity contribution >= 4 is 25.5 Å². The average Bonchev–Trinajstić information content (AvgIpc) is 3.26. The van der Waals surface area contributed by atoms with Crippen molar-refractivity contribution in [3.05, 3.63) is 89.5 Å². The molecular weight excluding hydrogens is 457 g/mol. The number of hydrogen-bond donors (Lipinski definition) is 3. The van der Waals surface area contributed by atoms with Gasteiger partial charge in [0.05, 0.1) is 31.8 Å². The van der Waals surface area contributed by atoms with Crippen LogP contribution in [-0.2, 0) is 32.6 Å². The summed E-state index contributed by atoms with van der Waals surface area (Å²) < 4.78 is 25.0. The van der Waals surface area contributed by atoms with Crippen LogP contribution < -0.4 is 10.4 Å². The number of nitrogens with one attached hydrogen (secondary N) is 3. The van der Waals surface area contributed by atoms with E-state index in [0.29, 0.717) is 12.5 Å². The van der Waals surface area contributed by atoms with Crippen molar-refractivity contribution in [1.82, 2.24) is 20.4 Å². The lowest BCUT2D eigenvalue weighted by atomic mass is 10.2. The van der Waals surface area contributed by atoms with Crippen molar-refractivity contribution < 1.29 is 13.6 Å². The highest BCUT2D eigenvalue weighted by Gasteiger charge is 2.27. The number of imidazole rings is 1. The van der Waals surface area contributed by atoms with Crippen molar-refractivity contribution in [2.45, 2.75) is 25.9 Å². The zero-order chi connectivity index (χ0) is 23.4. The zero-order valence-corrected chi connectivity index (χ0v) is 20.6. The molecule has 8 nitrogen and oxygen atoms in total. The third kappa shape index (κ3) is 8.70. The van der Waals surface area contributed by atoms with Crippen LogP contribution in [0.5, 0.6) is 0 Å². The Morgan fingerprint density at radius 3 is 2.18 bits per heavy atom. The lowest BCUT2D eigenvalue weighted by Crippen LogP contribution is -2.34. The standard InChI is InChI=1S/C23H30N5O3PS/c1-19-22(27-18-26-19)17-33-14-13-25-23(24-2)28-32(29,30-15-20-9-5-3-6-10-20)31-16-21-11-7-4-8-12-21/h3-12,18H,13-17H2,1-2H3,(H,26,27)(H2,24,25,28,29). The molecule has 0 atom stereocenters. The number of rotatable bonds is 12. The monoisotopic (exact) mass is 487 g/mol. The Morgan fingerprint density at radius 1 is 1.06 bits per heavy atom. The molecular formula is C23H30N5O3PS. The van der Waals surface area contributed by atoms with E-state index in [2.05, 4.69) is 25.4 Å². The second-order valence-corrected chi connectivity index (χ2v) is 9.97. The molecule has 1 aromatic heterocycles. The zero-order valence-electron chi connectivity index (χ0n) is 18.9. The molecule has 0 fully saturated rings. The Hall–Kier alpha value is -2.58. The second kappa shape index (κ2) is 13.2. The Balaban J connectivity index is 1.58. The van der Waals surface area contributed by atoms with Gasteiger partial charge in [-0.05, 0) is 18.1 Å². The van der Waals surface area contributed by atoms with Gasteiger partial charge in [-0.25, -0.2) is 9.55 Å². The van der Waals surface area contributed by atoms with E-state index < -0.39 is 7.75 Å². The lowest BCUT2D eigenvalue weighted by Gasteiger charge is -2.21. The van der Waals surface area contributed by atoms with Crippen molar-refractivity contribution in [1.29, 1.82) is 0 Å². The molecule has 3 rings (SSSR count). The number of aryl methyl sites for hydroxylation is 1. The van der Waals surface area contributed by atoms with Gasteiger partial charge < -0.3 is 10.3 Å². The average molecular weight is 488 g/mol. The topological polar surface area (TPSA) is 101 Å². The molecule has 0 saturated carbocycles. The van der Waals surface area contributed by atoms with Crippen LogP contribution in [0.1, 0.15) is 22.5 Å². The predicted molar refractivity (Wildman–Crippen MR) is 134 cm³/mol. The normalized spacial score (nSPS) is 12.0. The minimum absolute atomic E-state index is 0.149. The van der Waals surface area contributed by atoms with Gasteiger partial charge in [0.2, 0.25) is 0 Å². The van der Waals surface area contributed by atoms with E-state index in [4.69, 9.17) is 9.05 Å². The maximum atomic E-state index is 13.5. The van der Waals surface area contributed by atoms with Crippen LogP contribution >= 0.6 is 19.5 Å². The summed E-state index contributed by atoms with van der Waals surface area (Å²) in [5.74, 6) is 1.96. The van der Waals surface area contributed by atoms with E-state index in [1.807, 2.05) is 67.6 Å². The van der Waals surface area contributed by atoms with E-state index in [1.54, 1.807) is 25.1 Å². The number of aromatic amines is 1. The van der Waals surface area contributed by atoms with Gasteiger partial charge >= 0.3 is 7.75 Å². The number of benzene rings is 2. The number of nitrogens with zero attached hydrogens (tertiary/aromatic N) is 2. The molecule has 3 aromatic rings. The van der Waals surface area contributed by atoms with Crippen LogP contribution in [0.4, 0.5) is 0 Å². The largest absolute Gasteiger partial charge is 0.435 e. The molecule has 0 unspecified atom stereocenters. The second-order valence-electron chi connectivity index (χ2n) is 7.13. The quantitative estimate of drug-likeness (QED) is 0.148. The predicted octanol–water partition coefficient (Wildman–Crippen LogP) is 4.66. The van der Waals surface area contributed by atoms with Crippen LogP contribution in [0.2, 0.25) is 0 Å². The number of aliphatic imine (C=N–C) groups is 1. The molecule has 0 saturated heterocycles. The van der Waals surface area contributed by atoms with Gasteiger partial charge in [-0.15, -0.1) is 0 Å². The number of guanidine groups is 1. The van der Waals surface area contributed by atoms with Crippen LogP contribution in [0, 0.1) is 6.92 Å². The summed E-state index contributed by atoms with van der Waals surface area (Å²) in [6, 6.07) is 19.1. The molecule has 0 aliphatic carbocycles. The SMILES string of the molecule is CN/C(=N/CCSCc1nc[nH]c1C)NP(=O)(OCc1ccccc1)OCc1ccccc1. The van der Waals surface area contributed by atoms with Gasteiger partial charge in [-0.1, -0.05) is 60.7 Å². The summed E-state index contributed by atoms with van der Waals surface area (Å²) >= 11 is 1.73. The van der Waals surface area contributed by atoms with Crippen LogP contribution in [0.15, 0.2) is 72.0 Å². The smallest absolute Gasteiger partial charge is 0.359 e. The van der Waals surface area contributed by atoms with Crippen LogP contribution in [0.25, 0.3) is 0 Å². The molecule has 10 heteroatoms. The summed E-state index contributed by atoms with van der Waals surface area (Å²) in [6.07, 6.45) is 1.70. The van der Waals surface area contributed by atoms with Gasteiger partial charge in [-0.2, -0.15) is 11.8 Å². The molecule has 0 spiro atoms. The first-order valence-electron chi connectivity index (χ1n) is 10.6. The molecule has 0 aliphatic rings. The van der Waals surface area contributed by atoms with E-state index in [1.165, 1.54) is 0 Å². The maximum absolute atomic E-state index is 13.5. The van der Waals surface area contributed by atoms with Crippen LogP contribution in [0.3, 0.4) is 0 Å². The fourth-order valence-electron chi connectivity index (χ4n) is 2.79. The van der Waals surface area contributed by atoms with Gasteiger partial charge in [0.1, 0.15) is 0 Å². The lowest BCUT2D eigenvalue weighted by molar-refractivity contribution is 0.187. The van der Waals surface area contributed by atoms with Gasteiger partial charge in [0.25, 0.3) is 0 Å². The number of hydrogen-bond acceptors (Lipinski definition) is 6. The fourth-order valence-corrected chi connectivity index (χ4v) is 4.93. The summed E-state index contributed by atoms with van der Waals surface area (Å²) in [7, 11) is -1.98. The van der Waals surface area contributed by atoms with E-state index in [9.17, 15) is 4.57 Å². The Kier molecular flexibility index (Phi) is 10.0. The van der Waals surface area contributed by atoms with Crippen molar-refractivity contribution in [2.24, 2.45) is 4.99 Å². The van der Waals surface area contributed by atoms with Gasteiger partial charge in [0, 0.05) is 24.2 Å². The number of aromatic nitrogens is 2. The molecule has 0 aliphatic heterocycles. The van der Waals surface area contributed by atoms with E-state index >= 15 is 0 Å². The highest BCUT2D eigenvalue weighted by Crippen LogP contribution is 2.45. The molecule has 0 bridgehead atoms. The Labute approximate surface area is 199 Å². The molecule has 3 N–H and O–H groups in total. The highest BCUT2D eigenvalue weighted by molar-refractivity contribution is 7.98. The minimum atomic E-state index is -3.69. The van der Waals surface area contributed by atoms with Crippen molar-refractivity contribution in [3.63, 3.8) is 0 Å². The third-order valence-corrected chi connectivity index (χ3v) is 7.02. The molecule has 1 heterocycles. The summed E-state index contributed by atoms with van der Waals surface area (Å²) in [5.41, 5.74) is 3.92. The Bertz CT molecular complexity index is 999. The maximum Gasteiger partial charge on any atom is 0.435 e. The third-order valence-electron chi connectivity index (χ3n) is 4.65. The van der Waals surface area contributed by atoms with Gasteiger partial charge in [0.15, 0.2) is 5.96 Å². The molecule has 0 radical (unpaired) electrons. The van der Waals surface area contributed by atoms with E-state index in [0.717, 1.165) is 34.0 Å². The number of H-pyrrole nitrogens is 1. The molecule has 33 heavy (non-hydrogen) atoms. The minimum Gasteiger partial charge on any atom is -0.359 e. The van der Waals surface area contributed by atoms with Crippen molar-refractivity contribution in [2.75, 3.05) is 19.3 Å².